The summed E-state index contributed by atoms with van der Waals surface area (Å²) in [5.41, 5.74) is 0.774. The Bertz CT molecular complexity index is 779. The molecule has 4 bridgehead atoms. The lowest BCUT2D eigenvalue weighted by Crippen LogP contribution is -2.57. The summed E-state index contributed by atoms with van der Waals surface area (Å²) in [5, 5.41) is 6.68. The number of nitrogens with one attached hydrogen (secondary N) is 2. The number of methoxy groups -OCH3 is 1. The fourth-order valence-corrected chi connectivity index (χ4v) is 7.86. The van der Waals surface area contributed by atoms with Crippen molar-refractivity contribution in [3.63, 3.8) is 0 Å². The second kappa shape index (κ2) is 7.88. The van der Waals surface area contributed by atoms with E-state index in [1.54, 1.807) is 13.2 Å². The summed E-state index contributed by atoms with van der Waals surface area (Å²) in [6.45, 7) is 2.24. The normalized spacial score (nSPS) is 31.4. The van der Waals surface area contributed by atoms with E-state index in [0.717, 1.165) is 26.7 Å². The zero-order valence-corrected chi connectivity index (χ0v) is 20.2. The van der Waals surface area contributed by atoms with Crippen LogP contribution in [0.4, 0.5) is 0 Å². The summed E-state index contributed by atoms with van der Waals surface area (Å²) >= 11 is 12.4. The smallest absolute Gasteiger partial charge is 0.261 e. The first kappa shape index (κ1) is 20.6. The van der Waals surface area contributed by atoms with E-state index in [0.29, 0.717) is 21.8 Å². The van der Waals surface area contributed by atoms with Crippen molar-refractivity contribution in [2.24, 2.45) is 23.2 Å². The molecule has 4 aliphatic carbocycles. The van der Waals surface area contributed by atoms with Crippen LogP contribution in [0.2, 0.25) is 0 Å². The quantitative estimate of drug-likeness (QED) is 0.510. The molecule has 1 aromatic rings. The van der Waals surface area contributed by atoms with Crippen molar-refractivity contribution in [3.05, 3.63) is 26.6 Å². The van der Waals surface area contributed by atoms with Crippen LogP contribution in [0.3, 0.4) is 0 Å². The molecule has 5 rings (SSSR count). The zero-order chi connectivity index (χ0) is 20.1. The first-order valence-electron chi connectivity index (χ1n) is 9.94. The van der Waals surface area contributed by atoms with Crippen molar-refractivity contribution in [1.29, 1.82) is 0 Å². The predicted molar refractivity (Wildman–Crippen MR) is 122 cm³/mol. The molecule has 2 N–H and O–H groups in total. The lowest BCUT2D eigenvalue weighted by molar-refractivity contribution is -0.0672. The molecule has 4 nitrogen and oxygen atoms in total. The van der Waals surface area contributed by atoms with Crippen molar-refractivity contribution >= 4 is 55.1 Å². The molecule has 0 spiro atoms. The maximum Gasteiger partial charge on any atom is 0.261 e. The number of rotatable bonds is 4. The predicted octanol–water partition coefficient (Wildman–Crippen LogP) is 5.43. The first-order valence-corrected chi connectivity index (χ1v) is 11.9. The third kappa shape index (κ3) is 3.86. The molecule has 152 valence electrons. The van der Waals surface area contributed by atoms with Gasteiger partial charge in [-0.2, -0.15) is 0 Å². The van der Waals surface area contributed by atoms with Gasteiger partial charge in [0.15, 0.2) is 5.11 Å². The topological polar surface area (TPSA) is 50.4 Å². The molecule has 28 heavy (non-hydrogen) atoms. The van der Waals surface area contributed by atoms with Crippen LogP contribution in [0.25, 0.3) is 0 Å². The second-order valence-electron chi connectivity index (χ2n) is 8.90. The fraction of sp³-hybridized carbons (Fsp3) is 0.619. The summed E-state index contributed by atoms with van der Waals surface area (Å²) in [6, 6.07) is 3.86. The van der Waals surface area contributed by atoms with E-state index in [4.69, 9.17) is 17.0 Å². The molecule has 4 aliphatic rings. The summed E-state index contributed by atoms with van der Waals surface area (Å²) in [4.78, 5) is 12.8. The van der Waals surface area contributed by atoms with Crippen molar-refractivity contribution in [3.8, 4) is 5.75 Å². The van der Waals surface area contributed by atoms with E-state index in [1.165, 1.54) is 38.5 Å². The van der Waals surface area contributed by atoms with Crippen LogP contribution in [0, 0.1) is 23.2 Å². The van der Waals surface area contributed by atoms with E-state index in [9.17, 15) is 4.79 Å². The highest BCUT2D eigenvalue weighted by Crippen LogP contribution is 2.61. The molecule has 1 amide bonds. The summed E-state index contributed by atoms with van der Waals surface area (Å²) in [7, 11) is 1.55. The molecule has 0 radical (unpaired) electrons. The molecule has 0 aliphatic heterocycles. The Kier molecular flexibility index (Phi) is 5.80. The van der Waals surface area contributed by atoms with Crippen LogP contribution in [0.1, 0.15) is 55.8 Å². The highest BCUT2D eigenvalue weighted by molar-refractivity contribution is 9.11. The second-order valence-corrected chi connectivity index (χ2v) is 11.1. The number of halogens is 2. The van der Waals surface area contributed by atoms with E-state index in [2.05, 4.69) is 49.4 Å². The maximum absolute atomic E-state index is 12.8. The van der Waals surface area contributed by atoms with E-state index in [1.807, 2.05) is 6.07 Å². The number of ether oxygens (including phenoxy) is 1. The summed E-state index contributed by atoms with van der Waals surface area (Å²) < 4.78 is 6.90. The third-order valence-corrected chi connectivity index (χ3v) is 8.30. The third-order valence-electron chi connectivity index (χ3n) is 7.04. The highest BCUT2D eigenvalue weighted by atomic mass is 79.9. The van der Waals surface area contributed by atoms with Crippen LogP contribution in [-0.2, 0) is 0 Å². The molecule has 4 saturated carbocycles. The minimum atomic E-state index is -0.269. The molecule has 0 aromatic heterocycles. The van der Waals surface area contributed by atoms with Crippen molar-refractivity contribution in [2.75, 3.05) is 7.11 Å². The Morgan fingerprint density at radius 2 is 1.75 bits per heavy atom. The van der Waals surface area contributed by atoms with Crippen molar-refractivity contribution in [1.82, 2.24) is 10.6 Å². The van der Waals surface area contributed by atoms with Gasteiger partial charge in [0.05, 0.1) is 17.1 Å². The molecular formula is C21H26Br2N2O2S. The van der Waals surface area contributed by atoms with Gasteiger partial charge < -0.3 is 10.1 Å². The van der Waals surface area contributed by atoms with Crippen LogP contribution >= 0.6 is 44.1 Å². The number of thiocarbonyl (C=S) groups is 1. The molecule has 0 unspecified atom stereocenters. The standard InChI is InChI=1S/C21H26Br2N2O2S/c1-11(21-8-12-3-13(9-21)5-14(4-12)10-21)24-20(28)25-19(26)16-6-15(22)7-17(23)18(16)27-2/h6-7,11-14H,3-5,8-10H2,1-2H3,(H2,24,25,26,28)/t11-,12?,13?,14?,21?/m1/s1. The SMILES string of the molecule is COc1c(Br)cc(Br)cc1C(=O)NC(=S)N[C@H](C)C12CC3CC(CC(C3)C1)C2. The average Bonchev–Trinajstić information content (AvgIpc) is 2.59. The van der Waals surface area contributed by atoms with Gasteiger partial charge in [0, 0.05) is 10.5 Å². The van der Waals surface area contributed by atoms with Gasteiger partial charge in [-0.15, -0.1) is 0 Å². The maximum atomic E-state index is 12.8. The average molecular weight is 530 g/mol. The number of carbonyl (C=O) groups excluding carboxylic acids is 1. The summed E-state index contributed by atoms with van der Waals surface area (Å²) in [6.07, 6.45) is 8.17. The first-order chi connectivity index (χ1) is 13.3. The van der Waals surface area contributed by atoms with Crippen LogP contribution in [0.15, 0.2) is 21.1 Å². The van der Waals surface area contributed by atoms with Gasteiger partial charge >= 0.3 is 0 Å². The van der Waals surface area contributed by atoms with E-state index >= 15 is 0 Å². The van der Waals surface area contributed by atoms with Gasteiger partial charge in [-0.3, -0.25) is 10.1 Å². The lowest BCUT2D eigenvalue weighted by Gasteiger charge is -2.59. The molecule has 1 aromatic carbocycles. The number of hydrogen-bond acceptors (Lipinski definition) is 3. The van der Waals surface area contributed by atoms with Gasteiger partial charge in [-0.1, -0.05) is 15.9 Å². The Labute approximate surface area is 188 Å². The summed E-state index contributed by atoms with van der Waals surface area (Å²) in [5.74, 6) is 2.90. The minimum Gasteiger partial charge on any atom is -0.495 e. The number of benzene rings is 1. The molecule has 4 fully saturated rings. The van der Waals surface area contributed by atoms with Crippen molar-refractivity contribution < 1.29 is 9.53 Å². The molecule has 7 heteroatoms. The molecule has 0 saturated heterocycles. The zero-order valence-electron chi connectivity index (χ0n) is 16.2. The fourth-order valence-electron chi connectivity index (χ4n) is 6.20. The Morgan fingerprint density at radius 1 is 1.18 bits per heavy atom. The van der Waals surface area contributed by atoms with E-state index < -0.39 is 0 Å². The van der Waals surface area contributed by atoms with Gasteiger partial charge in [0.1, 0.15) is 5.75 Å². The van der Waals surface area contributed by atoms with Crippen LogP contribution < -0.4 is 15.4 Å². The molecular weight excluding hydrogens is 504 g/mol. The Hall–Kier alpha value is -0.660. The van der Waals surface area contributed by atoms with E-state index in [-0.39, 0.29) is 11.9 Å². The van der Waals surface area contributed by atoms with Gasteiger partial charge in [0.25, 0.3) is 5.91 Å². The Morgan fingerprint density at radius 3 is 2.29 bits per heavy atom. The minimum absolute atomic E-state index is 0.268. The van der Waals surface area contributed by atoms with Gasteiger partial charge in [0.2, 0.25) is 0 Å². The lowest BCUT2D eigenvalue weighted by atomic mass is 9.48. The monoisotopic (exact) mass is 528 g/mol. The van der Waals surface area contributed by atoms with Crippen LogP contribution in [-0.4, -0.2) is 24.2 Å². The number of hydrogen-bond donors (Lipinski definition) is 2. The highest BCUT2D eigenvalue weighted by Gasteiger charge is 2.53. The molecule has 1 atom stereocenters. The largest absolute Gasteiger partial charge is 0.495 e. The van der Waals surface area contributed by atoms with Crippen molar-refractivity contribution in [2.45, 2.75) is 51.5 Å². The van der Waals surface area contributed by atoms with Crippen LogP contribution in [0.5, 0.6) is 5.75 Å². The Balaban J connectivity index is 1.43. The number of carbonyl (C=O) groups is 1. The van der Waals surface area contributed by atoms with Gasteiger partial charge in [-0.25, -0.2) is 0 Å². The molecule has 0 heterocycles. The number of amides is 1. The van der Waals surface area contributed by atoms with Gasteiger partial charge in [-0.05, 0) is 109 Å².